The number of aliphatic carboxylic acids is 1. The summed E-state index contributed by atoms with van der Waals surface area (Å²) in [5.41, 5.74) is 4.62. The Morgan fingerprint density at radius 1 is 0.868 bits per heavy atom. The van der Waals surface area contributed by atoms with Crippen molar-refractivity contribution in [1.82, 2.24) is 9.88 Å². The fraction of sp³-hybridized carbons (Fsp3) is 0.367. The minimum absolute atomic E-state index is 0.209. The molecule has 0 aliphatic carbocycles. The lowest BCUT2D eigenvalue weighted by molar-refractivity contribution is -0.146. The summed E-state index contributed by atoms with van der Waals surface area (Å²) < 4.78 is 0. The third-order valence-electron chi connectivity index (χ3n) is 7.97. The summed E-state index contributed by atoms with van der Waals surface area (Å²) in [6.07, 6.45) is 4.52. The van der Waals surface area contributed by atoms with Gasteiger partial charge >= 0.3 is 5.97 Å². The molecule has 1 N–H and O–H groups in total. The molecule has 0 spiro atoms. The molecule has 6 rings (SSSR count). The lowest BCUT2D eigenvalue weighted by Gasteiger charge is -2.38. The minimum Gasteiger partial charge on any atom is -0.481 e. The molecule has 3 aliphatic rings. The minimum atomic E-state index is -1.08. The Labute approximate surface area is 223 Å². The lowest BCUT2D eigenvalue weighted by atomic mass is 9.90. The number of anilines is 4. The van der Waals surface area contributed by atoms with E-state index >= 15 is 0 Å². The molecule has 1 atom stereocenters. The van der Waals surface area contributed by atoms with Crippen molar-refractivity contribution in [3.8, 4) is 0 Å². The highest BCUT2D eigenvalue weighted by atomic mass is 16.4. The molecule has 3 aromatic rings. The lowest BCUT2D eigenvalue weighted by Crippen LogP contribution is -2.47. The molecule has 8 heteroatoms. The quantitative estimate of drug-likeness (QED) is 0.503. The summed E-state index contributed by atoms with van der Waals surface area (Å²) in [5.74, 6) is -1.55. The molecule has 3 aliphatic heterocycles. The molecule has 1 aromatic heterocycles. The largest absolute Gasteiger partial charge is 0.481 e. The van der Waals surface area contributed by atoms with Crippen molar-refractivity contribution in [2.75, 3.05) is 54.0 Å². The average Bonchev–Trinajstić information content (AvgIpc) is 3.47. The Morgan fingerprint density at radius 3 is 2.26 bits per heavy atom. The second kappa shape index (κ2) is 10.5. The maximum absolute atomic E-state index is 13.5. The van der Waals surface area contributed by atoms with E-state index in [1.807, 2.05) is 42.6 Å². The smallest absolute Gasteiger partial charge is 0.316 e. The Balaban J connectivity index is 1.26. The van der Waals surface area contributed by atoms with Crippen molar-refractivity contribution >= 4 is 34.8 Å². The SMILES string of the molecule is O=C(O)C1Cc2ccc(N3CCN(c4ccccn4)CC3)cc2N(c2ccc(CN3CCCC3)cc2)C1=O. The average molecular weight is 512 g/mol. The van der Waals surface area contributed by atoms with Gasteiger partial charge in [-0.25, -0.2) is 4.98 Å². The highest BCUT2D eigenvalue weighted by Crippen LogP contribution is 2.39. The number of carboxylic acid groups (broad SMARTS) is 1. The number of benzene rings is 2. The van der Waals surface area contributed by atoms with Crippen molar-refractivity contribution in [3.63, 3.8) is 0 Å². The highest BCUT2D eigenvalue weighted by molar-refractivity contribution is 6.12. The number of carbonyl (C=O) groups is 2. The van der Waals surface area contributed by atoms with Crippen LogP contribution in [0.5, 0.6) is 0 Å². The number of piperazine rings is 1. The first-order valence-electron chi connectivity index (χ1n) is 13.5. The summed E-state index contributed by atoms with van der Waals surface area (Å²) in [6.45, 7) is 6.54. The van der Waals surface area contributed by atoms with Gasteiger partial charge in [-0.1, -0.05) is 24.3 Å². The molecule has 0 saturated carbocycles. The number of fused-ring (bicyclic) bond motifs is 1. The zero-order valence-electron chi connectivity index (χ0n) is 21.5. The summed E-state index contributed by atoms with van der Waals surface area (Å²) in [4.78, 5) is 38.6. The monoisotopic (exact) mass is 511 g/mol. The van der Waals surface area contributed by atoms with E-state index in [4.69, 9.17) is 0 Å². The van der Waals surface area contributed by atoms with Crippen LogP contribution in [-0.2, 0) is 22.6 Å². The molecule has 38 heavy (non-hydrogen) atoms. The highest BCUT2D eigenvalue weighted by Gasteiger charge is 2.38. The molecule has 1 amide bonds. The first-order valence-corrected chi connectivity index (χ1v) is 13.5. The fourth-order valence-electron chi connectivity index (χ4n) is 5.85. The first kappa shape index (κ1) is 24.4. The van der Waals surface area contributed by atoms with E-state index in [1.54, 1.807) is 4.90 Å². The predicted molar refractivity (Wildman–Crippen MR) is 148 cm³/mol. The number of pyridine rings is 1. The maximum Gasteiger partial charge on any atom is 0.316 e. The maximum atomic E-state index is 13.5. The number of hydrogen-bond acceptors (Lipinski definition) is 6. The molecule has 0 radical (unpaired) electrons. The number of carboxylic acids is 1. The molecular formula is C30H33N5O3. The van der Waals surface area contributed by atoms with Gasteiger partial charge in [-0.05, 0) is 79.9 Å². The summed E-state index contributed by atoms with van der Waals surface area (Å²) >= 11 is 0. The van der Waals surface area contributed by atoms with Crippen LogP contribution >= 0.6 is 0 Å². The van der Waals surface area contributed by atoms with Crippen molar-refractivity contribution in [2.45, 2.75) is 25.8 Å². The number of carbonyl (C=O) groups excluding carboxylic acids is 1. The summed E-state index contributed by atoms with van der Waals surface area (Å²) in [7, 11) is 0. The van der Waals surface area contributed by atoms with E-state index in [-0.39, 0.29) is 12.3 Å². The van der Waals surface area contributed by atoms with Gasteiger partial charge in [0.2, 0.25) is 5.91 Å². The van der Waals surface area contributed by atoms with Gasteiger partial charge < -0.3 is 14.9 Å². The Bertz CT molecular complexity index is 1300. The van der Waals surface area contributed by atoms with Gasteiger partial charge in [-0.2, -0.15) is 0 Å². The van der Waals surface area contributed by atoms with Crippen molar-refractivity contribution in [1.29, 1.82) is 0 Å². The molecule has 196 valence electrons. The van der Waals surface area contributed by atoms with E-state index in [0.29, 0.717) is 5.69 Å². The second-order valence-electron chi connectivity index (χ2n) is 10.4. The van der Waals surface area contributed by atoms with Crippen LogP contribution in [0, 0.1) is 5.92 Å². The Morgan fingerprint density at radius 2 is 1.58 bits per heavy atom. The molecule has 1 unspecified atom stereocenters. The third-order valence-corrected chi connectivity index (χ3v) is 7.97. The predicted octanol–water partition coefficient (Wildman–Crippen LogP) is 3.93. The number of hydrogen-bond donors (Lipinski definition) is 1. The zero-order valence-corrected chi connectivity index (χ0v) is 21.5. The van der Waals surface area contributed by atoms with Crippen LogP contribution in [0.15, 0.2) is 66.9 Å². The van der Waals surface area contributed by atoms with Gasteiger partial charge in [0, 0.05) is 50.3 Å². The van der Waals surface area contributed by atoms with Crippen molar-refractivity contribution in [2.24, 2.45) is 5.92 Å². The van der Waals surface area contributed by atoms with Crippen molar-refractivity contribution < 1.29 is 14.7 Å². The summed E-state index contributed by atoms with van der Waals surface area (Å²) in [6, 6.07) is 20.1. The number of nitrogens with zero attached hydrogens (tertiary/aromatic N) is 5. The van der Waals surface area contributed by atoms with Crippen LogP contribution < -0.4 is 14.7 Å². The topological polar surface area (TPSA) is 80.2 Å². The first-order chi connectivity index (χ1) is 18.6. The van der Waals surface area contributed by atoms with Crippen LogP contribution in [0.25, 0.3) is 0 Å². The molecule has 0 bridgehead atoms. The van der Waals surface area contributed by atoms with Gasteiger partial charge in [0.1, 0.15) is 11.7 Å². The van der Waals surface area contributed by atoms with Crippen LogP contribution in [0.1, 0.15) is 24.0 Å². The Kier molecular flexibility index (Phi) is 6.72. The summed E-state index contributed by atoms with van der Waals surface area (Å²) in [5, 5.41) is 9.81. The third kappa shape index (κ3) is 4.84. The molecular weight excluding hydrogens is 478 g/mol. The Hall–Kier alpha value is -3.91. The molecule has 2 fully saturated rings. The molecule has 8 nitrogen and oxygen atoms in total. The van der Waals surface area contributed by atoms with E-state index in [1.165, 1.54) is 18.4 Å². The zero-order chi connectivity index (χ0) is 26.1. The molecule has 4 heterocycles. The molecule has 2 saturated heterocycles. The fourth-order valence-corrected chi connectivity index (χ4v) is 5.85. The van der Waals surface area contributed by atoms with Crippen molar-refractivity contribution in [3.05, 3.63) is 78.0 Å². The van der Waals surface area contributed by atoms with Gasteiger partial charge in [-0.15, -0.1) is 0 Å². The van der Waals surface area contributed by atoms with Gasteiger partial charge in [0.05, 0.1) is 5.69 Å². The van der Waals surface area contributed by atoms with E-state index in [9.17, 15) is 14.7 Å². The molecule has 2 aromatic carbocycles. The van der Waals surface area contributed by atoms with Gasteiger partial charge in [0.25, 0.3) is 0 Å². The van der Waals surface area contributed by atoms with Crippen LogP contribution in [0.2, 0.25) is 0 Å². The van der Waals surface area contributed by atoms with Gasteiger partial charge in [0.15, 0.2) is 0 Å². The van der Waals surface area contributed by atoms with E-state index < -0.39 is 11.9 Å². The van der Waals surface area contributed by atoms with Crippen LogP contribution in [0.3, 0.4) is 0 Å². The number of aromatic nitrogens is 1. The normalized spacial score (nSPS) is 20.1. The number of rotatable bonds is 6. The van der Waals surface area contributed by atoms with E-state index in [0.717, 1.165) is 68.6 Å². The van der Waals surface area contributed by atoms with Crippen LogP contribution in [-0.4, -0.2) is 66.1 Å². The number of amides is 1. The van der Waals surface area contributed by atoms with E-state index in [2.05, 4.69) is 43.9 Å². The number of likely N-dealkylation sites (tertiary alicyclic amines) is 1. The second-order valence-corrected chi connectivity index (χ2v) is 10.4. The van der Waals surface area contributed by atoms with Crippen LogP contribution in [0.4, 0.5) is 22.9 Å². The standard InChI is InChI=1S/C30H33N5O3/c36-29-26(30(37)38)19-23-8-11-25(33-15-17-34(18-16-33)28-5-1-2-12-31-28)20-27(23)35(29)24-9-6-22(7-10-24)21-32-13-3-4-14-32/h1-2,5-12,20,26H,3-4,13-19,21H2,(H,37,38). The van der Waals surface area contributed by atoms with Gasteiger partial charge in [-0.3, -0.25) is 19.4 Å².